The Labute approximate surface area is 124 Å². The van der Waals surface area contributed by atoms with Crippen LogP contribution in [-0.4, -0.2) is 43.1 Å². The summed E-state index contributed by atoms with van der Waals surface area (Å²) in [6.45, 7) is 11.3. The van der Waals surface area contributed by atoms with Crippen LogP contribution in [0.4, 0.5) is 0 Å². The molecule has 0 amide bonds. The summed E-state index contributed by atoms with van der Waals surface area (Å²) >= 11 is 0. The molecule has 0 saturated heterocycles. The first-order chi connectivity index (χ1) is 9.59. The van der Waals surface area contributed by atoms with Gasteiger partial charge in [-0.05, 0) is 44.0 Å². The van der Waals surface area contributed by atoms with Crippen LogP contribution >= 0.6 is 0 Å². The topological polar surface area (TPSA) is 28.2 Å². The number of aromatic nitrogens is 1. The molecule has 1 N–H and O–H groups in total. The maximum absolute atomic E-state index is 4.39. The van der Waals surface area contributed by atoms with E-state index in [-0.39, 0.29) is 0 Å². The maximum atomic E-state index is 4.39. The van der Waals surface area contributed by atoms with E-state index in [9.17, 15) is 0 Å². The van der Waals surface area contributed by atoms with Crippen LogP contribution in [0, 0.1) is 5.41 Å². The fourth-order valence-electron chi connectivity index (χ4n) is 2.44. The zero-order valence-corrected chi connectivity index (χ0v) is 13.7. The number of nitrogens with zero attached hydrogens (tertiary/aromatic N) is 2. The lowest BCUT2D eigenvalue weighted by Gasteiger charge is -2.33. The predicted molar refractivity (Wildman–Crippen MR) is 87.0 cm³/mol. The Balaban J connectivity index is 2.36. The maximum Gasteiger partial charge on any atom is 0.0416 e. The minimum absolute atomic E-state index is 0.355. The van der Waals surface area contributed by atoms with E-state index >= 15 is 0 Å². The van der Waals surface area contributed by atoms with Gasteiger partial charge >= 0.3 is 0 Å². The Morgan fingerprint density at radius 3 is 2.70 bits per heavy atom. The zero-order valence-electron chi connectivity index (χ0n) is 13.7. The molecule has 0 aliphatic carbocycles. The molecule has 1 heterocycles. The number of hydrogen-bond acceptors (Lipinski definition) is 3. The fraction of sp³-hybridized carbons (Fsp3) is 0.706. The van der Waals surface area contributed by atoms with Gasteiger partial charge in [0.2, 0.25) is 0 Å². The number of pyridine rings is 1. The van der Waals surface area contributed by atoms with Crippen molar-refractivity contribution in [3.63, 3.8) is 0 Å². The molecule has 20 heavy (non-hydrogen) atoms. The summed E-state index contributed by atoms with van der Waals surface area (Å²) in [6.07, 6.45) is 5.31. The molecule has 0 bridgehead atoms. The van der Waals surface area contributed by atoms with E-state index in [1.807, 2.05) is 12.3 Å². The SMILES string of the molecule is CCCNCC(C)(CC)CN(C)CCc1ccccn1. The minimum atomic E-state index is 0.355. The van der Waals surface area contributed by atoms with Gasteiger partial charge in [-0.1, -0.05) is 26.8 Å². The molecule has 1 aromatic heterocycles. The van der Waals surface area contributed by atoms with Crippen LogP contribution in [0.2, 0.25) is 0 Å². The van der Waals surface area contributed by atoms with Crippen LogP contribution in [0.1, 0.15) is 39.3 Å². The van der Waals surface area contributed by atoms with Crippen molar-refractivity contribution in [3.8, 4) is 0 Å². The van der Waals surface area contributed by atoms with Crippen LogP contribution in [-0.2, 0) is 6.42 Å². The molecule has 1 rings (SSSR count). The van der Waals surface area contributed by atoms with Crippen molar-refractivity contribution in [1.29, 1.82) is 0 Å². The van der Waals surface area contributed by atoms with Gasteiger partial charge in [0, 0.05) is 37.9 Å². The third-order valence-electron chi connectivity index (χ3n) is 3.96. The van der Waals surface area contributed by atoms with Crippen LogP contribution in [0.25, 0.3) is 0 Å². The Kier molecular flexibility index (Phi) is 7.78. The summed E-state index contributed by atoms with van der Waals surface area (Å²) in [7, 11) is 2.22. The number of rotatable bonds is 10. The lowest BCUT2D eigenvalue weighted by molar-refractivity contribution is 0.181. The van der Waals surface area contributed by atoms with Crippen LogP contribution in [0.15, 0.2) is 24.4 Å². The first kappa shape index (κ1) is 17.1. The smallest absolute Gasteiger partial charge is 0.0416 e. The molecule has 0 aliphatic heterocycles. The summed E-state index contributed by atoms with van der Waals surface area (Å²) in [5, 5.41) is 3.57. The van der Waals surface area contributed by atoms with Crippen molar-refractivity contribution in [2.75, 3.05) is 33.2 Å². The fourth-order valence-corrected chi connectivity index (χ4v) is 2.44. The summed E-state index contributed by atoms with van der Waals surface area (Å²) in [5.74, 6) is 0. The Hall–Kier alpha value is -0.930. The first-order valence-corrected chi connectivity index (χ1v) is 7.89. The molecule has 0 fully saturated rings. The number of nitrogens with one attached hydrogen (secondary N) is 1. The largest absolute Gasteiger partial charge is 0.316 e. The summed E-state index contributed by atoms with van der Waals surface area (Å²) in [5.41, 5.74) is 1.54. The van der Waals surface area contributed by atoms with Gasteiger partial charge in [0.05, 0.1) is 0 Å². The highest BCUT2D eigenvalue weighted by molar-refractivity contribution is 5.03. The minimum Gasteiger partial charge on any atom is -0.316 e. The Bertz CT molecular complexity index is 353. The van der Waals surface area contributed by atoms with Crippen molar-refractivity contribution in [3.05, 3.63) is 30.1 Å². The van der Waals surface area contributed by atoms with E-state index in [0.29, 0.717) is 5.41 Å². The van der Waals surface area contributed by atoms with Gasteiger partial charge in [-0.25, -0.2) is 0 Å². The highest BCUT2D eigenvalue weighted by Gasteiger charge is 2.23. The van der Waals surface area contributed by atoms with Gasteiger partial charge in [-0.15, -0.1) is 0 Å². The van der Waals surface area contributed by atoms with E-state index in [4.69, 9.17) is 0 Å². The van der Waals surface area contributed by atoms with Crippen LogP contribution in [0.5, 0.6) is 0 Å². The Morgan fingerprint density at radius 2 is 2.10 bits per heavy atom. The van der Waals surface area contributed by atoms with Gasteiger partial charge in [0.1, 0.15) is 0 Å². The molecule has 0 saturated carbocycles. The standard InChI is InChI=1S/C17H31N3/c1-5-11-18-14-17(3,6-2)15-20(4)13-10-16-9-7-8-12-19-16/h7-9,12,18H,5-6,10-11,13-15H2,1-4H3. The van der Waals surface area contributed by atoms with Gasteiger partial charge < -0.3 is 10.2 Å². The van der Waals surface area contributed by atoms with E-state index in [2.05, 4.69) is 55.2 Å². The second kappa shape index (κ2) is 9.09. The molecule has 0 aliphatic rings. The van der Waals surface area contributed by atoms with Crippen LogP contribution < -0.4 is 5.32 Å². The molecule has 0 spiro atoms. The van der Waals surface area contributed by atoms with Crippen molar-refractivity contribution in [2.45, 2.75) is 40.0 Å². The lowest BCUT2D eigenvalue weighted by Crippen LogP contribution is -2.41. The van der Waals surface area contributed by atoms with E-state index in [0.717, 1.165) is 32.6 Å². The molecule has 0 aromatic carbocycles. The van der Waals surface area contributed by atoms with Crippen LogP contribution in [0.3, 0.4) is 0 Å². The highest BCUT2D eigenvalue weighted by atomic mass is 15.1. The molecule has 0 radical (unpaired) electrons. The third-order valence-corrected chi connectivity index (χ3v) is 3.96. The van der Waals surface area contributed by atoms with E-state index < -0.39 is 0 Å². The monoisotopic (exact) mass is 277 g/mol. The van der Waals surface area contributed by atoms with Gasteiger partial charge in [0.15, 0.2) is 0 Å². The molecular weight excluding hydrogens is 246 g/mol. The average molecular weight is 277 g/mol. The lowest BCUT2D eigenvalue weighted by atomic mass is 9.86. The van der Waals surface area contributed by atoms with Gasteiger partial charge in [-0.2, -0.15) is 0 Å². The molecule has 3 heteroatoms. The normalized spacial score (nSPS) is 14.4. The van der Waals surface area contributed by atoms with E-state index in [1.54, 1.807) is 0 Å². The zero-order chi connectivity index (χ0) is 14.8. The number of hydrogen-bond donors (Lipinski definition) is 1. The summed E-state index contributed by atoms with van der Waals surface area (Å²) in [6, 6.07) is 6.14. The van der Waals surface area contributed by atoms with Crippen molar-refractivity contribution < 1.29 is 0 Å². The van der Waals surface area contributed by atoms with Crippen molar-refractivity contribution in [2.24, 2.45) is 5.41 Å². The molecule has 1 atom stereocenters. The second-order valence-corrected chi connectivity index (χ2v) is 6.15. The van der Waals surface area contributed by atoms with Crippen molar-refractivity contribution in [1.82, 2.24) is 15.2 Å². The molecule has 1 unspecified atom stereocenters. The summed E-state index contributed by atoms with van der Waals surface area (Å²) in [4.78, 5) is 6.83. The quantitative estimate of drug-likeness (QED) is 0.666. The highest BCUT2D eigenvalue weighted by Crippen LogP contribution is 2.21. The van der Waals surface area contributed by atoms with E-state index in [1.165, 1.54) is 18.5 Å². The van der Waals surface area contributed by atoms with Gasteiger partial charge in [0.25, 0.3) is 0 Å². The molecule has 1 aromatic rings. The first-order valence-electron chi connectivity index (χ1n) is 7.89. The molecular formula is C17H31N3. The number of likely N-dealkylation sites (N-methyl/N-ethyl adjacent to an activating group) is 1. The second-order valence-electron chi connectivity index (χ2n) is 6.15. The molecule has 3 nitrogen and oxygen atoms in total. The van der Waals surface area contributed by atoms with Gasteiger partial charge in [-0.3, -0.25) is 4.98 Å². The predicted octanol–water partition coefficient (Wildman–Crippen LogP) is 2.97. The molecule has 114 valence electrons. The third kappa shape index (κ3) is 6.49. The Morgan fingerprint density at radius 1 is 1.30 bits per heavy atom. The van der Waals surface area contributed by atoms with Crippen molar-refractivity contribution >= 4 is 0 Å². The average Bonchev–Trinajstić information content (AvgIpc) is 2.46. The summed E-state index contributed by atoms with van der Waals surface area (Å²) < 4.78 is 0.